The van der Waals surface area contributed by atoms with E-state index in [4.69, 9.17) is 0 Å². The van der Waals surface area contributed by atoms with Gasteiger partial charge in [-0.25, -0.2) is 0 Å². The van der Waals surface area contributed by atoms with Gasteiger partial charge in [-0.1, -0.05) is 39.8 Å². The van der Waals surface area contributed by atoms with Gasteiger partial charge in [0, 0.05) is 16.7 Å². The van der Waals surface area contributed by atoms with Crippen LogP contribution in [0.25, 0.3) is 0 Å². The highest BCUT2D eigenvalue weighted by atomic mass is 32.2. The highest BCUT2D eigenvalue weighted by Gasteiger charge is 2.11. The van der Waals surface area contributed by atoms with Crippen molar-refractivity contribution in [2.45, 2.75) is 44.3 Å². The average molecular weight is 265 g/mol. The van der Waals surface area contributed by atoms with Crippen LogP contribution in [0.3, 0.4) is 0 Å². The number of carbonyl (C=O) groups excluding carboxylic acids is 1. The van der Waals surface area contributed by atoms with E-state index in [0.29, 0.717) is 11.2 Å². The summed E-state index contributed by atoms with van der Waals surface area (Å²) in [5.74, 6) is 0.657. The SMILES string of the molecule is CC(C)CCNC(=O)c1ccccc1SC(C)C. The van der Waals surface area contributed by atoms with E-state index in [-0.39, 0.29) is 5.91 Å². The number of nitrogens with one attached hydrogen (secondary N) is 1. The largest absolute Gasteiger partial charge is 0.352 e. The molecule has 0 atom stereocenters. The first-order chi connectivity index (χ1) is 8.50. The van der Waals surface area contributed by atoms with Gasteiger partial charge >= 0.3 is 0 Å². The molecule has 0 unspecified atom stereocenters. The van der Waals surface area contributed by atoms with Crippen LogP contribution in [0.2, 0.25) is 0 Å². The van der Waals surface area contributed by atoms with Crippen molar-refractivity contribution in [3.8, 4) is 0 Å². The van der Waals surface area contributed by atoms with Crippen molar-refractivity contribution in [2.75, 3.05) is 6.54 Å². The Labute approximate surface area is 115 Å². The number of rotatable bonds is 6. The predicted molar refractivity (Wildman–Crippen MR) is 79.2 cm³/mol. The summed E-state index contributed by atoms with van der Waals surface area (Å²) < 4.78 is 0. The van der Waals surface area contributed by atoms with Crippen molar-refractivity contribution in [2.24, 2.45) is 5.92 Å². The van der Waals surface area contributed by atoms with Crippen LogP contribution < -0.4 is 5.32 Å². The lowest BCUT2D eigenvalue weighted by molar-refractivity contribution is 0.0949. The van der Waals surface area contributed by atoms with Crippen LogP contribution >= 0.6 is 11.8 Å². The van der Waals surface area contributed by atoms with Gasteiger partial charge in [-0.15, -0.1) is 11.8 Å². The maximum absolute atomic E-state index is 12.1. The van der Waals surface area contributed by atoms with Gasteiger partial charge in [0.25, 0.3) is 5.91 Å². The molecule has 0 aliphatic heterocycles. The molecule has 1 rings (SSSR count). The molecular weight excluding hydrogens is 242 g/mol. The molecule has 0 heterocycles. The van der Waals surface area contributed by atoms with Crippen molar-refractivity contribution >= 4 is 17.7 Å². The molecule has 3 heteroatoms. The second-order valence-electron chi connectivity index (χ2n) is 5.10. The second kappa shape index (κ2) is 7.47. The van der Waals surface area contributed by atoms with Crippen LogP contribution in [0.15, 0.2) is 29.2 Å². The molecule has 0 saturated heterocycles. The third-order valence-corrected chi connectivity index (χ3v) is 3.58. The molecule has 0 aliphatic rings. The number of hydrogen-bond donors (Lipinski definition) is 1. The number of amides is 1. The Hall–Kier alpha value is -0.960. The molecule has 18 heavy (non-hydrogen) atoms. The molecule has 0 fully saturated rings. The fourth-order valence-electron chi connectivity index (χ4n) is 1.58. The molecule has 0 bridgehead atoms. The first kappa shape index (κ1) is 15.1. The third kappa shape index (κ3) is 5.13. The topological polar surface area (TPSA) is 29.1 Å². The quantitative estimate of drug-likeness (QED) is 0.789. The zero-order valence-electron chi connectivity index (χ0n) is 11.7. The van der Waals surface area contributed by atoms with E-state index in [0.717, 1.165) is 23.4 Å². The zero-order chi connectivity index (χ0) is 13.5. The lowest BCUT2D eigenvalue weighted by atomic mass is 10.1. The Morgan fingerprint density at radius 1 is 1.22 bits per heavy atom. The minimum absolute atomic E-state index is 0.0411. The molecule has 100 valence electrons. The van der Waals surface area contributed by atoms with Crippen molar-refractivity contribution in [1.29, 1.82) is 0 Å². The Balaban J connectivity index is 2.66. The van der Waals surface area contributed by atoms with E-state index >= 15 is 0 Å². The van der Waals surface area contributed by atoms with Gasteiger partial charge in [-0.3, -0.25) is 4.79 Å². The molecule has 1 N–H and O–H groups in total. The predicted octanol–water partition coefficient (Wildman–Crippen LogP) is 3.96. The first-order valence-electron chi connectivity index (χ1n) is 6.54. The average Bonchev–Trinajstić information content (AvgIpc) is 2.28. The van der Waals surface area contributed by atoms with Crippen LogP contribution in [-0.2, 0) is 0 Å². The molecule has 1 aromatic carbocycles. The normalized spacial score (nSPS) is 11.0. The van der Waals surface area contributed by atoms with E-state index in [1.54, 1.807) is 11.8 Å². The smallest absolute Gasteiger partial charge is 0.252 e. The summed E-state index contributed by atoms with van der Waals surface area (Å²) >= 11 is 1.73. The van der Waals surface area contributed by atoms with Crippen molar-refractivity contribution in [3.05, 3.63) is 29.8 Å². The second-order valence-corrected chi connectivity index (χ2v) is 6.72. The summed E-state index contributed by atoms with van der Waals surface area (Å²) in [6.45, 7) is 9.34. The molecule has 0 spiro atoms. The monoisotopic (exact) mass is 265 g/mol. The van der Waals surface area contributed by atoms with Crippen molar-refractivity contribution < 1.29 is 4.79 Å². The van der Waals surface area contributed by atoms with Crippen LogP contribution in [0.4, 0.5) is 0 Å². The van der Waals surface area contributed by atoms with Crippen LogP contribution in [-0.4, -0.2) is 17.7 Å². The lowest BCUT2D eigenvalue weighted by Crippen LogP contribution is -2.25. The Kier molecular flexibility index (Phi) is 6.27. The fourth-order valence-corrected chi connectivity index (χ4v) is 2.53. The molecule has 0 aliphatic carbocycles. The van der Waals surface area contributed by atoms with E-state index in [9.17, 15) is 4.79 Å². The zero-order valence-corrected chi connectivity index (χ0v) is 12.5. The van der Waals surface area contributed by atoms with E-state index in [1.807, 2.05) is 24.3 Å². The van der Waals surface area contributed by atoms with Crippen molar-refractivity contribution in [3.63, 3.8) is 0 Å². The number of carbonyl (C=O) groups is 1. The third-order valence-electron chi connectivity index (χ3n) is 2.50. The Morgan fingerprint density at radius 2 is 1.89 bits per heavy atom. The van der Waals surface area contributed by atoms with Gasteiger partial charge in [-0.05, 0) is 24.5 Å². The highest BCUT2D eigenvalue weighted by Crippen LogP contribution is 2.26. The van der Waals surface area contributed by atoms with Gasteiger partial charge < -0.3 is 5.32 Å². The molecular formula is C15H23NOS. The van der Waals surface area contributed by atoms with E-state index in [2.05, 4.69) is 33.0 Å². The molecule has 1 amide bonds. The maximum Gasteiger partial charge on any atom is 0.252 e. The molecule has 1 aromatic rings. The summed E-state index contributed by atoms with van der Waals surface area (Å²) in [5.41, 5.74) is 0.792. The molecule has 0 saturated carbocycles. The van der Waals surface area contributed by atoms with Gasteiger partial charge in [0.1, 0.15) is 0 Å². The summed E-state index contributed by atoms with van der Waals surface area (Å²) in [4.78, 5) is 13.2. The summed E-state index contributed by atoms with van der Waals surface area (Å²) in [7, 11) is 0. The summed E-state index contributed by atoms with van der Waals surface area (Å²) in [6, 6.07) is 7.81. The minimum Gasteiger partial charge on any atom is -0.352 e. The molecule has 0 aromatic heterocycles. The van der Waals surface area contributed by atoms with Crippen LogP contribution in [0.5, 0.6) is 0 Å². The van der Waals surface area contributed by atoms with Gasteiger partial charge in [-0.2, -0.15) is 0 Å². The fraction of sp³-hybridized carbons (Fsp3) is 0.533. The summed E-state index contributed by atoms with van der Waals surface area (Å²) in [6.07, 6.45) is 1.02. The molecule has 0 radical (unpaired) electrons. The van der Waals surface area contributed by atoms with Gasteiger partial charge in [0.15, 0.2) is 0 Å². The lowest BCUT2D eigenvalue weighted by Gasteiger charge is -2.12. The summed E-state index contributed by atoms with van der Waals surface area (Å²) in [5, 5.41) is 3.47. The number of thioether (sulfide) groups is 1. The van der Waals surface area contributed by atoms with Crippen LogP contribution in [0, 0.1) is 5.92 Å². The highest BCUT2D eigenvalue weighted by molar-refractivity contribution is 8.00. The standard InChI is InChI=1S/C15H23NOS/c1-11(2)9-10-16-15(17)13-7-5-6-8-14(13)18-12(3)4/h5-8,11-12H,9-10H2,1-4H3,(H,16,17). The molecule has 2 nitrogen and oxygen atoms in total. The number of benzene rings is 1. The first-order valence-corrected chi connectivity index (χ1v) is 7.42. The van der Waals surface area contributed by atoms with E-state index < -0.39 is 0 Å². The van der Waals surface area contributed by atoms with Crippen LogP contribution in [0.1, 0.15) is 44.5 Å². The Morgan fingerprint density at radius 3 is 2.50 bits per heavy atom. The van der Waals surface area contributed by atoms with E-state index in [1.165, 1.54) is 0 Å². The van der Waals surface area contributed by atoms with Gasteiger partial charge in [0.2, 0.25) is 0 Å². The minimum atomic E-state index is 0.0411. The Bertz CT molecular complexity index is 388. The van der Waals surface area contributed by atoms with Gasteiger partial charge in [0.05, 0.1) is 5.56 Å². The number of hydrogen-bond acceptors (Lipinski definition) is 2. The maximum atomic E-state index is 12.1. The van der Waals surface area contributed by atoms with Crippen molar-refractivity contribution in [1.82, 2.24) is 5.32 Å².